The van der Waals surface area contributed by atoms with Crippen molar-refractivity contribution in [2.45, 2.75) is 17.5 Å². The second kappa shape index (κ2) is 6.98. The van der Waals surface area contributed by atoms with E-state index in [0.29, 0.717) is 11.8 Å². The molecule has 1 aliphatic rings. The van der Waals surface area contributed by atoms with Gasteiger partial charge in [-0.25, -0.2) is 0 Å². The summed E-state index contributed by atoms with van der Waals surface area (Å²) in [6.07, 6.45) is 1.17. The minimum absolute atomic E-state index is 0.549. The van der Waals surface area contributed by atoms with E-state index in [0.717, 1.165) is 27.0 Å². The standard InChI is InChI=1S/C21H17ClN4S/c22-19-10-4-3-9-17(19)18-12-15(18)13-27-21-23-24-25-26(21)20-11-5-7-14-6-1-2-8-16(14)20/h1-11,15,18H,12-13H2/t15-,18+/m0/s1. The molecule has 1 aliphatic carbocycles. The lowest BCUT2D eigenvalue weighted by Crippen LogP contribution is -2.01. The number of tetrazole rings is 1. The van der Waals surface area contributed by atoms with Gasteiger partial charge in [0.15, 0.2) is 0 Å². The van der Waals surface area contributed by atoms with E-state index in [9.17, 15) is 0 Å². The molecule has 1 saturated carbocycles. The third-order valence-corrected chi connectivity index (χ3v) is 6.54. The predicted molar refractivity (Wildman–Crippen MR) is 110 cm³/mol. The van der Waals surface area contributed by atoms with Crippen molar-refractivity contribution >= 4 is 34.1 Å². The minimum atomic E-state index is 0.549. The fourth-order valence-corrected chi connectivity index (χ4v) is 4.94. The van der Waals surface area contributed by atoms with Crippen molar-refractivity contribution in [3.05, 3.63) is 77.3 Å². The molecule has 134 valence electrons. The van der Waals surface area contributed by atoms with Crippen LogP contribution in [0.3, 0.4) is 0 Å². The zero-order chi connectivity index (χ0) is 18.2. The molecule has 1 aromatic heterocycles. The number of nitrogens with zero attached hydrogens (tertiary/aromatic N) is 4. The van der Waals surface area contributed by atoms with E-state index in [1.165, 1.54) is 17.4 Å². The van der Waals surface area contributed by atoms with Crippen LogP contribution in [0.2, 0.25) is 5.02 Å². The van der Waals surface area contributed by atoms with E-state index in [1.807, 2.05) is 35.0 Å². The molecule has 0 unspecified atom stereocenters. The Kier molecular flexibility index (Phi) is 4.34. The maximum absolute atomic E-state index is 6.34. The van der Waals surface area contributed by atoms with Crippen molar-refractivity contribution in [3.8, 4) is 5.69 Å². The highest BCUT2D eigenvalue weighted by molar-refractivity contribution is 7.99. The summed E-state index contributed by atoms with van der Waals surface area (Å²) in [4.78, 5) is 0. The molecule has 1 heterocycles. The molecule has 2 atom stereocenters. The third kappa shape index (κ3) is 3.22. The van der Waals surface area contributed by atoms with E-state index in [2.05, 4.69) is 51.9 Å². The molecule has 0 amide bonds. The van der Waals surface area contributed by atoms with Gasteiger partial charge >= 0.3 is 0 Å². The molecule has 0 N–H and O–H groups in total. The fourth-order valence-electron chi connectivity index (χ4n) is 3.58. The van der Waals surface area contributed by atoms with Crippen LogP contribution in [0.25, 0.3) is 16.5 Å². The topological polar surface area (TPSA) is 43.6 Å². The Hall–Kier alpha value is -2.37. The van der Waals surface area contributed by atoms with E-state index in [1.54, 1.807) is 11.8 Å². The molecular formula is C21H17ClN4S. The van der Waals surface area contributed by atoms with E-state index in [4.69, 9.17) is 11.6 Å². The van der Waals surface area contributed by atoms with Gasteiger partial charge in [0, 0.05) is 16.2 Å². The van der Waals surface area contributed by atoms with Crippen molar-refractivity contribution < 1.29 is 0 Å². The molecule has 0 spiro atoms. The summed E-state index contributed by atoms with van der Waals surface area (Å²) in [5.74, 6) is 2.15. The molecule has 1 fully saturated rings. The van der Waals surface area contributed by atoms with Gasteiger partial charge in [0.05, 0.1) is 5.69 Å². The first-order chi connectivity index (χ1) is 13.3. The van der Waals surface area contributed by atoms with Gasteiger partial charge in [-0.1, -0.05) is 78.0 Å². The van der Waals surface area contributed by atoms with Gasteiger partial charge in [-0.2, -0.15) is 4.68 Å². The number of hydrogen-bond acceptors (Lipinski definition) is 4. The van der Waals surface area contributed by atoms with Crippen LogP contribution in [0, 0.1) is 5.92 Å². The normalized spacial score (nSPS) is 18.7. The SMILES string of the molecule is Clc1ccccc1[C@@H]1C[C@H]1CSc1nnnn1-c1cccc2ccccc12. The minimum Gasteiger partial charge on any atom is -0.187 e. The molecule has 4 aromatic rings. The first-order valence-electron chi connectivity index (χ1n) is 8.95. The Bertz CT molecular complexity index is 1100. The van der Waals surface area contributed by atoms with Crippen LogP contribution in [0.4, 0.5) is 0 Å². The lowest BCUT2D eigenvalue weighted by molar-refractivity contribution is 0.760. The zero-order valence-corrected chi connectivity index (χ0v) is 16.1. The first kappa shape index (κ1) is 16.8. The summed E-state index contributed by atoms with van der Waals surface area (Å²) in [5.41, 5.74) is 2.28. The second-order valence-corrected chi connectivity index (χ2v) is 8.20. The summed E-state index contributed by atoms with van der Waals surface area (Å²) in [5, 5.41) is 16.4. The van der Waals surface area contributed by atoms with Crippen molar-refractivity contribution in [3.63, 3.8) is 0 Å². The first-order valence-corrected chi connectivity index (χ1v) is 10.3. The van der Waals surface area contributed by atoms with Crippen LogP contribution in [-0.2, 0) is 0 Å². The summed E-state index contributed by atoms with van der Waals surface area (Å²) in [7, 11) is 0. The van der Waals surface area contributed by atoms with Crippen LogP contribution in [-0.4, -0.2) is 26.0 Å². The number of aromatic nitrogens is 4. The van der Waals surface area contributed by atoms with Crippen LogP contribution in [0.15, 0.2) is 71.9 Å². The number of fused-ring (bicyclic) bond motifs is 1. The Morgan fingerprint density at radius 1 is 1.00 bits per heavy atom. The molecule has 5 rings (SSSR count). The molecule has 4 nitrogen and oxygen atoms in total. The Balaban J connectivity index is 1.35. The second-order valence-electron chi connectivity index (χ2n) is 6.81. The third-order valence-electron chi connectivity index (χ3n) is 5.09. The highest BCUT2D eigenvalue weighted by Gasteiger charge is 2.39. The van der Waals surface area contributed by atoms with Crippen molar-refractivity contribution in [2.24, 2.45) is 5.92 Å². The average Bonchev–Trinajstić information content (AvgIpc) is 3.32. The monoisotopic (exact) mass is 392 g/mol. The van der Waals surface area contributed by atoms with Crippen molar-refractivity contribution in [2.75, 3.05) is 5.75 Å². The van der Waals surface area contributed by atoms with Gasteiger partial charge in [0.2, 0.25) is 5.16 Å². The predicted octanol–water partition coefficient (Wildman–Crippen LogP) is 5.36. The smallest absolute Gasteiger partial charge is 0.187 e. The Morgan fingerprint density at radius 3 is 2.74 bits per heavy atom. The van der Waals surface area contributed by atoms with Gasteiger partial charge < -0.3 is 0 Å². The maximum atomic E-state index is 6.34. The highest BCUT2D eigenvalue weighted by Crippen LogP contribution is 2.51. The molecule has 0 saturated heterocycles. The fraction of sp³-hybridized carbons (Fsp3) is 0.190. The van der Waals surface area contributed by atoms with Crippen LogP contribution in [0.5, 0.6) is 0 Å². The van der Waals surface area contributed by atoms with Gasteiger partial charge in [-0.15, -0.1) is 5.10 Å². The van der Waals surface area contributed by atoms with E-state index in [-0.39, 0.29) is 0 Å². The number of rotatable bonds is 5. The quantitative estimate of drug-likeness (QED) is 0.428. The number of halogens is 1. The lowest BCUT2D eigenvalue weighted by atomic mass is 10.1. The Labute approximate surface area is 166 Å². The summed E-state index contributed by atoms with van der Waals surface area (Å²) in [6, 6.07) is 22.7. The molecule has 0 radical (unpaired) electrons. The van der Waals surface area contributed by atoms with E-state index >= 15 is 0 Å². The molecule has 0 aliphatic heterocycles. The highest BCUT2D eigenvalue weighted by atomic mass is 35.5. The largest absolute Gasteiger partial charge is 0.214 e. The van der Waals surface area contributed by atoms with Crippen LogP contribution >= 0.6 is 23.4 Å². The number of thioether (sulfide) groups is 1. The lowest BCUT2D eigenvalue weighted by Gasteiger charge is -2.08. The number of hydrogen-bond donors (Lipinski definition) is 0. The molecule has 27 heavy (non-hydrogen) atoms. The van der Waals surface area contributed by atoms with Gasteiger partial charge in [-0.3, -0.25) is 0 Å². The summed E-state index contributed by atoms with van der Waals surface area (Å²) in [6.45, 7) is 0. The Morgan fingerprint density at radius 2 is 1.81 bits per heavy atom. The van der Waals surface area contributed by atoms with Gasteiger partial charge in [0.1, 0.15) is 0 Å². The molecule has 0 bridgehead atoms. The van der Waals surface area contributed by atoms with E-state index < -0.39 is 0 Å². The van der Waals surface area contributed by atoms with Crippen LogP contribution in [0.1, 0.15) is 17.9 Å². The van der Waals surface area contributed by atoms with Crippen molar-refractivity contribution in [1.82, 2.24) is 20.2 Å². The molecular weight excluding hydrogens is 376 g/mol. The zero-order valence-electron chi connectivity index (χ0n) is 14.5. The average molecular weight is 393 g/mol. The van der Waals surface area contributed by atoms with Gasteiger partial charge in [-0.05, 0) is 51.8 Å². The molecule has 6 heteroatoms. The van der Waals surface area contributed by atoms with Crippen LogP contribution < -0.4 is 0 Å². The summed E-state index contributed by atoms with van der Waals surface area (Å²) >= 11 is 8.06. The summed E-state index contributed by atoms with van der Waals surface area (Å²) < 4.78 is 1.85. The molecule has 3 aromatic carbocycles. The maximum Gasteiger partial charge on any atom is 0.214 e. The van der Waals surface area contributed by atoms with Crippen molar-refractivity contribution in [1.29, 1.82) is 0 Å². The number of benzene rings is 3. The van der Waals surface area contributed by atoms with Gasteiger partial charge in [0.25, 0.3) is 0 Å².